The van der Waals surface area contributed by atoms with E-state index in [0.29, 0.717) is 0 Å². The van der Waals surface area contributed by atoms with Gasteiger partial charge in [0.15, 0.2) is 0 Å². The number of rotatable bonds is 6. The molecule has 0 saturated heterocycles. The Bertz CT molecular complexity index is 490. The fraction of sp³-hybridized carbons (Fsp3) is 0.429. The second-order valence-electron chi connectivity index (χ2n) is 4.78. The number of carbonyl (C=O) groups excluding carboxylic acids is 1. The van der Waals surface area contributed by atoms with Crippen LogP contribution >= 0.6 is 0 Å². The summed E-state index contributed by atoms with van der Waals surface area (Å²) in [4.78, 5) is 24.3. The molecule has 2 atom stereocenters. The quantitative estimate of drug-likeness (QED) is 0.826. The number of hydrogen-bond donors (Lipinski definition) is 2. The number of carboxylic acids is 1. The molecule has 20 heavy (non-hydrogen) atoms. The SMILES string of the molecule is CC(O)CN(CC(C)C(=O)O)C(=O)c1ccccc1F. The van der Waals surface area contributed by atoms with Crippen molar-refractivity contribution in [2.75, 3.05) is 13.1 Å². The molecule has 5 nitrogen and oxygen atoms in total. The maximum absolute atomic E-state index is 13.6. The van der Waals surface area contributed by atoms with Gasteiger partial charge < -0.3 is 15.1 Å². The van der Waals surface area contributed by atoms with Gasteiger partial charge in [-0.05, 0) is 19.1 Å². The number of amides is 1. The summed E-state index contributed by atoms with van der Waals surface area (Å²) in [5, 5.41) is 18.3. The first kappa shape index (κ1) is 16.1. The average molecular weight is 283 g/mol. The lowest BCUT2D eigenvalue weighted by molar-refractivity contribution is -0.141. The zero-order valence-electron chi connectivity index (χ0n) is 11.4. The highest BCUT2D eigenvalue weighted by atomic mass is 19.1. The normalized spacial score (nSPS) is 13.6. The van der Waals surface area contributed by atoms with Crippen molar-refractivity contribution in [3.63, 3.8) is 0 Å². The van der Waals surface area contributed by atoms with Gasteiger partial charge in [0.1, 0.15) is 5.82 Å². The summed E-state index contributed by atoms with van der Waals surface area (Å²) < 4.78 is 13.6. The van der Waals surface area contributed by atoms with Gasteiger partial charge in [0.25, 0.3) is 5.91 Å². The number of aliphatic hydroxyl groups is 1. The van der Waals surface area contributed by atoms with E-state index in [1.54, 1.807) is 0 Å². The number of carboxylic acid groups (broad SMARTS) is 1. The summed E-state index contributed by atoms with van der Waals surface area (Å²) in [6.07, 6.45) is -0.827. The topological polar surface area (TPSA) is 77.8 Å². The van der Waals surface area contributed by atoms with E-state index in [9.17, 15) is 19.1 Å². The van der Waals surface area contributed by atoms with Crippen molar-refractivity contribution in [3.8, 4) is 0 Å². The van der Waals surface area contributed by atoms with E-state index in [-0.39, 0.29) is 18.7 Å². The van der Waals surface area contributed by atoms with Gasteiger partial charge >= 0.3 is 5.97 Å². The van der Waals surface area contributed by atoms with E-state index in [2.05, 4.69) is 0 Å². The smallest absolute Gasteiger partial charge is 0.308 e. The second-order valence-corrected chi connectivity index (χ2v) is 4.78. The highest BCUT2D eigenvalue weighted by Gasteiger charge is 2.24. The minimum Gasteiger partial charge on any atom is -0.481 e. The van der Waals surface area contributed by atoms with Crippen LogP contribution in [0.4, 0.5) is 4.39 Å². The highest BCUT2D eigenvalue weighted by Crippen LogP contribution is 2.12. The third-order valence-electron chi connectivity index (χ3n) is 2.79. The Morgan fingerprint density at radius 3 is 2.35 bits per heavy atom. The molecule has 2 N–H and O–H groups in total. The van der Waals surface area contributed by atoms with Crippen LogP contribution in [-0.2, 0) is 4.79 Å². The van der Waals surface area contributed by atoms with Crippen LogP contribution < -0.4 is 0 Å². The minimum absolute atomic E-state index is 0.0508. The minimum atomic E-state index is -1.05. The summed E-state index contributed by atoms with van der Waals surface area (Å²) >= 11 is 0. The molecule has 0 aliphatic rings. The molecule has 0 radical (unpaired) electrons. The van der Waals surface area contributed by atoms with Crippen molar-refractivity contribution < 1.29 is 24.2 Å². The van der Waals surface area contributed by atoms with Crippen molar-refractivity contribution in [1.82, 2.24) is 4.90 Å². The van der Waals surface area contributed by atoms with Gasteiger partial charge in [0.2, 0.25) is 0 Å². The van der Waals surface area contributed by atoms with Crippen LogP contribution in [0.3, 0.4) is 0 Å². The van der Waals surface area contributed by atoms with E-state index >= 15 is 0 Å². The van der Waals surface area contributed by atoms with Crippen LogP contribution in [-0.4, -0.2) is 46.2 Å². The fourth-order valence-corrected chi connectivity index (χ4v) is 1.77. The highest BCUT2D eigenvalue weighted by molar-refractivity contribution is 5.94. The first-order valence-corrected chi connectivity index (χ1v) is 6.27. The van der Waals surface area contributed by atoms with Gasteiger partial charge in [0.05, 0.1) is 17.6 Å². The zero-order valence-corrected chi connectivity index (χ0v) is 11.4. The Morgan fingerprint density at radius 2 is 1.85 bits per heavy atom. The predicted molar refractivity (Wildman–Crippen MR) is 70.8 cm³/mol. The Morgan fingerprint density at radius 1 is 1.25 bits per heavy atom. The van der Waals surface area contributed by atoms with Gasteiger partial charge in [-0.15, -0.1) is 0 Å². The van der Waals surface area contributed by atoms with Crippen molar-refractivity contribution >= 4 is 11.9 Å². The number of carbonyl (C=O) groups is 2. The summed E-state index contributed by atoms with van der Waals surface area (Å²) in [5.41, 5.74) is -0.134. The number of hydrogen-bond acceptors (Lipinski definition) is 3. The number of nitrogens with zero attached hydrogens (tertiary/aromatic N) is 1. The molecule has 0 bridgehead atoms. The fourth-order valence-electron chi connectivity index (χ4n) is 1.77. The molecular formula is C14H18FNO4. The number of aliphatic carboxylic acids is 1. The molecular weight excluding hydrogens is 265 g/mol. The van der Waals surface area contributed by atoms with E-state index in [4.69, 9.17) is 5.11 Å². The molecule has 6 heteroatoms. The van der Waals surface area contributed by atoms with Crippen LogP contribution in [0.2, 0.25) is 0 Å². The molecule has 1 amide bonds. The van der Waals surface area contributed by atoms with Crippen molar-refractivity contribution in [2.24, 2.45) is 5.92 Å². The van der Waals surface area contributed by atoms with E-state index in [1.807, 2.05) is 0 Å². The molecule has 2 unspecified atom stereocenters. The maximum atomic E-state index is 13.6. The van der Waals surface area contributed by atoms with Gasteiger partial charge in [0, 0.05) is 13.1 Å². The van der Waals surface area contributed by atoms with E-state index in [0.717, 1.165) is 11.0 Å². The number of benzene rings is 1. The summed E-state index contributed by atoms with van der Waals surface area (Å²) in [5.74, 6) is -3.15. The molecule has 0 heterocycles. The molecule has 110 valence electrons. The largest absolute Gasteiger partial charge is 0.481 e. The summed E-state index contributed by atoms with van der Waals surface area (Å²) in [6, 6.07) is 5.48. The molecule has 1 aromatic carbocycles. The van der Waals surface area contributed by atoms with Crippen LogP contribution in [0.15, 0.2) is 24.3 Å². The van der Waals surface area contributed by atoms with Gasteiger partial charge in [-0.3, -0.25) is 9.59 Å². The molecule has 0 aromatic heterocycles. The Hall–Kier alpha value is -1.95. The average Bonchev–Trinajstić information content (AvgIpc) is 2.37. The zero-order chi connectivity index (χ0) is 15.3. The lowest BCUT2D eigenvalue weighted by Gasteiger charge is -2.26. The first-order chi connectivity index (χ1) is 9.32. The lowest BCUT2D eigenvalue weighted by atomic mass is 10.1. The van der Waals surface area contributed by atoms with E-state index < -0.39 is 29.7 Å². The van der Waals surface area contributed by atoms with Crippen LogP contribution in [0.25, 0.3) is 0 Å². The molecule has 0 aliphatic heterocycles. The van der Waals surface area contributed by atoms with Crippen LogP contribution in [0.5, 0.6) is 0 Å². The van der Waals surface area contributed by atoms with Crippen molar-refractivity contribution in [3.05, 3.63) is 35.6 Å². The molecule has 0 fully saturated rings. The van der Waals surface area contributed by atoms with Gasteiger partial charge in [-0.1, -0.05) is 19.1 Å². The summed E-state index contributed by atoms with van der Waals surface area (Å²) in [6.45, 7) is 2.79. The van der Waals surface area contributed by atoms with Crippen molar-refractivity contribution in [2.45, 2.75) is 20.0 Å². The molecule has 0 spiro atoms. The number of aliphatic hydroxyl groups excluding tert-OH is 1. The first-order valence-electron chi connectivity index (χ1n) is 6.27. The molecule has 0 aliphatic carbocycles. The third kappa shape index (κ3) is 4.31. The van der Waals surface area contributed by atoms with Crippen LogP contribution in [0.1, 0.15) is 24.2 Å². The Balaban J connectivity index is 2.95. The second kappa shape index (κ2) is 7.00. The van der Waals surface area contributed by atoms with E-state index in [1.165, 1.54) is 32.0 Å². The third-order valence-corrected chi connectivity index (χ3v) is 2.79. The number of halogens is 1. The van der Waals surface area contributed by atoms with Gasteiger partial charge in [-0.2, -0.15) is 0 Å². The molecule has 0 saturated carbocycles. The maximum Gasteiger partial charge on any atom is 0.308 e. The van der Waals surface area contributed by atoms with Crippen LogP contribution in [0, 0.1) is 11.7 Å². The Kier molecular flexibility index (Phi) is 5.64. The molecule has 1 aromatic rings. The van der Waals surface area contributed by atoms with Crippen molar-refractivity contribution in [1.29, 1.82) is 0 Å². The lowest BCUT2D eigenvalue weighted by Crippen LogP contribution is -2.41. The summed E-state index contributed by atoms with van der Waals surface area (Å²) in [7, 11) is 0. The predicted octanol–water partition coefficient (Wildman–Crippen LogP) is 1.37. The monoisotopic (exact) mass is 283 g/mol. The Labute approximate surface area is 116 Å². The molecule has 1 rings (SSSR count). The standard InChI is InChI=1S/C14H18FNO4/c1-9(14(19)20)7-16(8-10(2)17)13(18)11-5-3-4-6-12(11)15/h3-6,9-10,17H,7-8H2,1-2H3,(H,19,20). The van der Waals surface area contributed by atoms with Gasteiger partial charge in [-0.25, -0.2) is 4.39 Å².